The number of nitrogens with two attached hydrogens (primary N) is 1. The molecular weight excluding hydrogens is 357 g/mol. The van der Waals surface area contributed by atoms with Crippen LogP contribution >= 0.6 is 36.2 Å². The van der Waals surface area contributed by atoms with Crippen molar-refractivity contribution in [2.45, 2.75) is 51.8 Å². The number of thiazole rings is 1. The number of rotatable bonds is 3. The summed E-state index contributed by atoms with van der Waals surface area (Å²) in [7, 11) is 0. The molecule has 0 spiro atoms. The molecule has 0 bridgehead atoms. The summed E-state index contributed by atoms with van der Waals surface area (Å²) in [6.45, 7) is 7.31. The Labute approximate surface area is 153 Å². The molecular formula is C15H25Cl2N3O2S. The first kappa shape index (κ1) is 20.6. The molecule has 3 rings (SSSR count). The summed E-state index contributed by atoms with van der Waals surface area (Å²) in [5, 5.41) is 3.01. The third kappa shape index (κ3) is 3.00. The Morgan fingerprint density at radius 1 is 1.52 bits per heavy atom. The Morgan fingerprint density at radius 2 is 2.22 bits per heavy atom. The second kappa shape index (κ2) is 7.23. The van der Waals surface area contributed by atoms with Crippen LogP contribution in [0.15, 0.2) is 5.51 Å². The largest absolute Gasteiger partial charge is 0.377 e. The average molecular weight is 382 g/mol. The molecule has 23 heavy (non-hydrogen) atoms. The zero-order chi connectivity index (χ0) is 15.3. The second-order valence-electron chi connectivity index (χ2n) is 6.67. The molecule has 3 N–H and O–H groups in total. The minimum atomic E-state index is -0.837. The number of nitrogens with zero attached hydrogens (tertiary/aromatic N) is 1. The first-order valence-electron chi connectivity index (χ1n) is 7.46. The predicted molar refractivity (Wildman–Crippen MR) is 96.4 cm³/mol. The van der Waals surface area contributed by atoms with Crippen molar-refractivity contribution < 1.29 is 9.53 Å². The van der Waals surface area contributed by atoms with Gasteiger partial charge < -0.3 is 15.8 Å². The van der Waals surface area contributed by atoms with Crippen LogP contribution in [0.3, 0.4) is 0 Å². The van der Waals surface area contributed by atoms with Gasteiger partial charge in [-0.3, -0.25) is 4.79 Å². The highest BCUT2D eigenvalue weighted by Crippen LogP contribution is 2.57. The SMILES string of the molecule is Cc1ncsc1CNC(=O)C1(N)C2CCCOC2C1(C)C.Cl.Cl. The number of fused-ring (bicyclic) bond motifs is 1. The summed E-state index contributed by atoms with van der Waals surface area (Å²) >= 11 is 1.56. The van der Waals surface area contributed by atoms with Crippen molar-refractivity contribution in [1.82, 2.24) is 10.3 Å². The number of ether oxygens (including phenoxy) is 1. The van der Waals surface area contributed by atoms with Gasteiger partial charge in [-0.05, 0) is 19.8 Å². The third-order valence-electron chi connectivity index (χ3n) is 5.31. The number of aromatic nitrogens is 1. The molecule has 8 heteroatoms. The molecule has 2 aliphatic rings. The summed E-state index contributed by atoms with van der Waals surface area (Å²) in [5.74, 6) is 0.0656. The molecule has 1 saturated heterocycles. The molecule has 3 atom stereocenters. The maximum atomic E-state index is 12.7. The number of halogens is 2. The Kier molecular flexibility index (Phi) is 6.49. The van der Waals surface area contributed by atoms with Gasteiger partial charge in [-0.25, -0.2) is 4.98 Å². The first-order valence-corrected chi connectivity index (χ1v) is 8.34. The summed E-state index contributed by atoms with van der Waals surface area (Å²) in [6.07, 6.45) is 2.06. The quantitative estimate of drug-likeness (QED) is 0.842. The highest BCUT2D eigenvalue weighted by atomic mass is 35.5. The number of carbonyl (C=O) groups excluding carboxylic acids is 1. The van der Waals surface area contributed by atoms with Crippen molar-refractivity contribution in [3.63, 3.8) is 0 Å². The molecule has 1 aliphatic heterocycles. The Balaban J connectivity index is 0.00000132. The molecule has 2 fully saturated rings. The summed E-state index contributed by atoms with van der Waals surface area (Å²) in [5.41, 5.74) is 8.16. The van der Waals surface area contributed by atoms with Crippen LogP contribution < -0.4 is 11.1 Å². The van der Waals surface area contributed by atoms with Crippen molar-refractivity contribution in [3.05, 3.63) is 16.1 Å². The van der Waals surface area contributed by atoms with Crippen molar-refractivity contribution in [1.29, 1.82) is 0 Å². The van der Waals surface area contributed by atoms with Crippen molar-refractivity contribution in [2.24, 2.45) is 17.1 Å². The van der Waals surface area contributed by atoms with Crippen LogP contribution in [0.5, 0.6) is 0 Å². The van der Waals surface area contributed by atoms with Gasteiger partial charge in [0.1, 0.15) is 5.54 Å². The number of nitrogens with one attached hydrogen (secondary N) is 1. The van der Waals surface area contributed by atoms with Gasteiger partial charge in [0.2, 0.25) is 5.91 Å². The van der Waals surface area contributed by atoms with Crippen LogP contribution in [0.4, 0.5) is 0 Å². The lowest BCUT2D eigenvalue weighted by Crippen LogP contribution is -2.82. The van der Waals surface area contributed by atoms with Crippen LogP contribution in [-0.4, -0.2) is 29.1 Å². The van der Waals surface area contributed by atoms with E-state index >= 15 is 0 Å². The first-order chi connectivity index (χ1) is 9.89. The van der Waals surface area contributed by atoms with E-state index in [1.54, 1.807) is 16.8 Å². The molecule has 1 aliphatic carbocycles. The molecule has 2 heterocycles. The van der Waals surface area contributed by atoms with E-state index < -0.39 is 5.54 Å². The van der Waals surface area contributed by atoms with Crippen LogP contribution in [0.25, 0.3) is 0 Å². The number of hydrogen-bond donors (Lipinski definition) is 2. The number of hydrogen-bond acceptors (Lipinski definition) is 5. The van der Waals surface area contributed by atoms with Crippen molar-refractivity contribution in [2.75, 3.05) is 6.61 Å². The average Bonchev–Trinajstić information content (AvgIpc) is 2.89. The summed E-state index contributed by atoms with van der Waals surface area (Å²) < 4.78 is 5.84. The Bertz CT molecular complexity index is 567. The van der Waals surface area contributed by atoms with E-state index in [2.05, 4.69) is 10.3 Å². The molecule has 5 nitrogen and oxygen atoms in total. The van der Waals surface area contributed by atoms with E-state index in [4.69, 9.17) is 10.5 Å². The lowest BCUT2D eigenvalue weighted by atomic mass is 9.46. The van der Waals surface area contributed by atoms with Gasteiger partial charge in [-0.2, -0.15) is 0 Å². The van der Waals surface area contributed by atoms with Gasteiger partial charge in [-0.1, -0.05) is 13.8 Å². The summed E-state index contributed by atoms with van der Waals surface area (Å²) in [4.78, 5) is 18.0. The highest BCUT2D eigenvalue weighted by Gasteiger charge is 2.70. The molecule has 132 valence electrons. The number of aryl methyl sites for hydroxylation is 1. The summed E-state index contributed by atoms with van der Waals surface area (Å²) in [6, 6.07) is 0. The molecule has 1 amide bonds. The van der Waals surface area contributed by atoms with Gasteiger partial charge >= 0.3 is 0 Å². The lowest BCUT2D eigenvalue weighted by Gasteiger charge is -2.65. The fraction of sp³-hybridized carbons (Fsp3) is 0.733. The Hall–Kier alpha value is -0.400. The van der Waals surface area contributed by atoms with Gasteiger partial charge in [0, 0.05) is 22.8 Å². The van der Waals surface area contributed by atoms with Crippen LogP contribution in [0.2, 0.25) is 0 Å². The number of carbonyl (C=O) groups is 1. The fourth-order valence-corrected chi connectivity index (χ4v) is 4.56. The van der Waals surface area contributed by atoms with E-state index in [9.17, 15) is 4.79 Å². The van der Waals surface area contributed by atoms with Crippen LogP contribution in [-0.2, 0) is 16.1 Å². The van der Waals surface area contributed by atoms with Gasteiger partial charge in [0.15, 0.2) is 0 Å². The topological polar surface area (TPSA) is 77.2 Å². The Morgan fingerprint density at radius 3 is 2.83 bits per heavy atom. The minimum Gasteiger partial charge on any atom is -0.377 e. The maximum Gasteiger partial charge on any atom is 0.241 e. The van der Waals surface area contributed by atoms with E-state index in [-0.39, 0.29) is 48.2 Å². The zero-order valence-corrected chi connectivity index (χ0v) is 16.1. The van der Waals surface area contributed by atoms with Gasteiger partial charge in [0.05, 0.1) is 23.9 Å². The van der Waals surface area contributed by atoms with E-state index in [0.29, 0.717) is 6.54 Å². The van der Waals surface area contributed by atoms with Gasteiger partial charge in [0.25, 0.3) is 0 Å². The van der Waals surface area contributed by atoms with E-state index in [1.165, 1.54) is 0 Å². The second-order valence-corrected chi connectivity index (χ2v) is 7.61. The fourth-order valence-electron chi connectivity index (χ4n) is 3.84. The number of amides is 1. The predicted octanol–water partition coefficient (Wildman–Crippen LogP) is 2.44. The molecule has 1 aromatic heterocycles. The van der Waals surface area contributed by atoms with E-state index in [0.717, 1.165) is 30.0 Å². The minimum absolute atomic E-state index is 0. The maximum absolute atomic E-state index is 12.7. The normalized spacial score (nSPS) is 31.0. The van der Waals surface area contributed by atoms with Gasteiger partial charge in [-0.15, -0.1) is 36.2 Å². The molecule has 0 radical (unpaired) electrons. The lowest BCUT2D eigenvalue weighted by molar-refractivity contribution is -0.225. The molecule has 1 saturated carbocycles. The molecule has 1 aromatic rings. The third-order valence-corrected chi connectivity index (χ3v) is 6.25. The zero-order valence-electron chi connectivity index (χ0n) is 13.6. The van der Waals surface area contributed by atoms with E-state index in [1.807, 2.05) is 20.8 Å². The van der Waals surface area contributed by atoms with Crippen molar-refractivity contribution in [3.8, 4) is 0 Å². The highest BCUT2D eigenvalue weighted by molar-refractivity contribution is 7.09. The van der Waals surface area contributed by atoms with Crippen LogP contribution in [0.1, 0.15) is 37.3 Å². The molecule has 0 aromatic carbocycles. The van der Waals surface area contributed by atoms with Crippen molar-refractivity contribution >= 4 is 42.1 Å². The smallest absolute Gasteiger partial charge is 0.241 e. The standard InChI is InChI=1S/C15H23N3O2S.2ClH/c1-9-11(21-8-18-9)7-17-13(19)15(16)10-5-4-6-20-12(10)14(15,2)3;;/h8,10,12H,4-7,16H2,1-3H3,(H,17,19);2*1H. The van der Waals surface area contributed by atoms with Crippen LogP contribution in [0, 0.1) is 18.3 Å². The monoisotopic (exact) mass is 381 g/mol. The molecule has 3 unspecified atom stereocenters.